The maximum Gasteiger partial charge on any atom is 0.258 e. The Hall–Kier alpha value is -2.89. The Morgan fingerprint density at radius 3 is 2.83 bits per heavy atom. The summed E-state index contributed by atoms with van der Waals surface area (Å²) in [6.07, 6.45) is 5.10. The van der Waals surface area contributed by atoms with Gasteiger partial charge < -0.3 is 15.4 Å². The molecular formula is C23H25N3O3. The Bertz CT molecular complexity index is 947. The van der Waals surface area contributed by atoms with Crippen LogP contribution in [0.3, 0.4) is 0 Å². The van der Waals surface area contributed by atoms with E-state index in [1.54, 1.807) is 12.3 Å². The van der Waals surface area contributed by atoms with Gasteiger partial charge in [0.15, 0.2) is 5.72 Å². The average molecular weight is 391 g/mol. The van der Waals surface area contributed by atoms with Crippen LogP contribution < -0.4 is 15.4 Å². The minimum Gasteiger partial charge on any atom is -0.467 e. The first kappa shape index (κ1) is 18.2. The van der Waals surface area contributed by atoms with Gasteiger partial charge in [0.25, 0.3) is 5.91 Å². The average Bonchev–Trinajstić information content (AvgIpc) is 2.74. The lowest BCUT2D eigenvalue weighted by Crippen LogP contribution is -2.67. The van der Waals surface area contributed by atoms with E-state index < -0.39 is 5.72 Å². The lowest BCUT2D eigenvalue weighted by atomic mass is 9.60. The number of carbonyl (C=O) groups excluding carboxylic acids is 2. The van der Waals surface area contributed by atoms with Crippen molar-refractivity contribution in [2.45, 2.75) is 44.4 Å². The molecule has 150 valence electrons. The normalized spacial score (nSPS) is 30.8. The van der Waals surface area contributed by atoms with Crippen LogP contribution in [0.25, 0.3) is 0 Å². The third-order valence-corrected chi connectivity index (χ3v) is 6.79. The number of para-hydroxylation sites is 1. The van der Waals surface area contributed by atoms with Crippen LogP contribution in [-0.2, 0) is 4.79 Å². The molecule has 3 aliphatic carbocycles. The first-order valence-corrected chi connectivity index (χ1v) is 10.4. The van der Waals surface area contributed by atoms with Crippen LogP contribution in [0, 0.1) is 17.8 Å². The van der Waals surface area contributed by atoms with Gasteiger partial charge in [-0.3, -0.25) is 14.6 Å². The molecule has 2 bridgehead atoms. The van der Waals surface area contributed by atoms with Gasteiger partial charge in [0.1, 0.15) is 5.75 Å². The molecule has 0 unspecified atom stereocenters. The van der Waals surface area contributed by atoms with Crippen LogP contribution >= 0.6 is 0 Å². The first-order valence-electron chi connectivity index (χ1n) is 10.4. The van der Waals surface area contributed by atoms with Crippen molar-refractivity contribution in [3.8, 4) is 5.75 Å². The van der Waals surface area contributed by atoms with Crippen LogP contribution in [0.4, 0.5) is 0 Å². The van der Waals surface area contributed by atoms with Crippen molar-refractivity contribution in [1.29, 1.82) is 0 Å². The lowest BCUT2D eigenvalue weighted by Gasteiger charge is -2.55. The molecule has 1 spiro atoms. The van der Waals surface area contributed by atoms with Crippen LogP contribution in [0.15, 0.2) is 48.7 Å². The maximum absolute atomic E-state index is 13.0. The minimum absolute atomic E-state index is 0.0526. The Balaban J connectivity index is 1.32. The molecule has 1 aromatic carbocycles. The lowest BCUT2D eigenvalue weighted by molar-refractivity contribution is -0.147. The van der Waals surface area contributed by atoms with Crippen molar-refractivity contribution >= 4 is 11.8 Å². The van der Waals surface area contributed by atoms with E-state index in [9.17, 15) is 9.59 Å². The van der Waals surface area contributed by atoms with Gasteiger partial charge in [0.05, 0.1) is 17.3 Å². The highest BCUT2D eigenvalue weighted by atomic mass is 16.5. The zero-order valence-corrected chi connectivity index (χ0v) is 16.4. The Morgan fingerprint density at radius 2 is 2.07 bits per heavy atom. The molecule has 29 heavy (non-hydrogen) atoms. The largest absolute Gasteiger partial charge is 0.467 e. The van der Waals surface area contributed by atoms with Gasteiger partial charge in [-0.2, -0.15) is 0 Å². The Kier molecular flexibility index (Phi) is 4.30. The third-order valence-electron chi connectivity index (χ3n) is 6.79. The number of hydrogen-bond acceptors (Lipinski definition) is 4. The van der Waals surface area contributed by atoms with Crippen molar-refractivity contribution in [1.82, 2.24) is 15.6 Å². The quantitative estimate of drug-likeness (QED) is 0.842. The molecule has 1 aliphatic heterocycles. The van der Waals surface area contributed by atoms with Gasteiger partial charge in [-0.15, -0.1) is 0 Å². The Labute approximate surface area is 170 Å². The van der Waals surface area contributed by atoms with Gasteiger partial charge in [0, 0.05) is 24.5 Å². The molecule has 6 rings (SSSR count). The molecule has 2 aromatic rings. The van der Waals surface area contributed by atoms with Gasteiger partial charge >= 0.3 is 0 Å². The fourth-order valence-corrected chi connectivity index (χ4v) is 5.31. The number of carbonyl (C=O) groups is 2. The fraction of sp³-hybridized carbons (Fsp3) is 0.435. The summed E-state index contributed by atoms with van der Waals surface area (Å²) in [4.78, 5) is 30.1. The number of hydrogen-bond donors (Lipinski definition) is 2. The summed E-state index contributed by atoms with van der Waals surface area (Å²) in [7, 11) is 0. The van der Waals surface area contributed by atoms with Crippen LogP contribution in [-0.4, -0.2) is 22.5 Å². The molecule has 3 fully saturated rings. The molecule has 2 N–H and O–H groups in total. The maximum atomic E-state index is 13.0. The number of benzene rings is 1. The molecule has 2 amide bonds. The van der Waals surface area contributed by atoms with E-state index >= 15 is 0 Å². The third kappa shape index (κ3) is 3.07. The summed E-state index contributed by atoms with van der Waals surface area (Å²) in [5.74, 6) is 0.920. The zero-order chi connectivity index (χ0) is 20.0. The van der Waals surface area contributed by atoms with Crippen LogP contribution in [0.2, 0.25) is 0 Å². The summed E-state index contributed by atoms with van der Waals surface area (Å²) in [5, 5.41) is 6.28. The number of fused-ring (bicyclic) bond motifs is 3. The minimum atomic E-state index is -0.683. The van der Waals surface area contributed by atoms with Crippen molar-refractivity contribution in [2.75, 3.05) is 0 Å². The SMILES string of the molecule is C[C@H](NC(=O)[C@H]1C[C@@H]2CC[C@@H]1C[C@@]21NC(=O)c2ccccc2O1)c1ccccn1. The Morgan fingerprint density at radius 1 is 1.24 bits per heavy atom. The molecule has 4 aliphatic rings. The number of aromatic nitrogens is 1. The predicted octanol–water partition coefficient (Wildman–Crippen LogP) is 3.21. The van der Waals surface area contributed by atoms with E-state index in [-0.39, 0.29) is 35.6 Å². The number of nitrogens with one attached hydrogen (secondary N) is 2. The van der Waals surface area contributed by atoms with E-state index in [0.717, 1.165) is 25.0 Å². The number of amides is 2. The van der Waals surface area contributed by atoms with Gasteiger partial charge in [-0.25, -0.2) is 0 Å². The smallest absolute Gasteiger partial charge is 0.258 e. The summed E-state index contributed by atoms with van der Waals surface area (Å²) >= 11 is 0. The molecular weight excluding hydrogens is 366 g/mol. The molecule has 3 saturated carbocycles. The van der Waals surface area contributed by atoms with E-state index in [1.165, 1.54) is 0 Å². The molecule has 6 nitrogen and oxygen atoms in total. The highest BCUT2D eigenvalue weighted by Crippen LogP contribution is 2.52. The van der Waals surface area contributed by atoms with Gasteiger partial charge in [-0.05, 0) is 56.4 Å². The molecule has 0 saturated heterocycles. The van der Waals surface area contributed by atoms with Crippen molar-refractivity contribution in [2.24, 2.45) is 17.8 Å². The summed E-state index contributed by atoms with van der Waals surface area (Å²) < 4.78 is 6.37. The summed E-state index contributed by atoms with van der Waals surface area (Å²) in [6, 6.07) is 13.0. The monoisotopic (exact) mass is 391 g/mol. The van der Waals surface area contributed by atoms with Gasteiger partial charge in [-0.1, -0.05) is 18.2 Å². The summed E-state index contributed by atoms with van der Waals surface area (Å²) in [6.45, 7) is 1.96. The molecule has 2 heterocycles. The van der Waals surface area contributed by atoms with Crippen molar-refractivity contribution in [3.63, 3.8) is 0 Å². The highest BCUT2D eigenvalue weighted by Gasteiger charge is 2.57. The molecule has 1 aromatic heterocycles. The second-order valence-electron chi connectivity index (χ2n) is 8.51. The number of ether oxygens (including phenoxy) is 1. The van der Waals surface area contributed by atoms with Crippen LogP contribution in [0.1, 0.15) is 54.7 Å². The summed E-state index contributed by atoms with van der Waals surface area (Å²) in [5.41, 5.74) is 0.758. The van der Waals surface area contributed by atoms with Crippen LogP contribution in [0.5, 0.6) is 5.75 Å². The van der Waals surface area contributed by atoms with E-state index in [1.807, 2.05) is 43.3 Å². The number of pyridine rings is 1. The van der Waals surface area contributed by atoms with E-state index in [4.69, 9.17) is 4.74 Å². The second-order valence-corrected chi connectivity index (χ2v) is 8.51. The zero-order valence-electron chi connectivity index (χ0n) is 16.4. The number of rotatable bonds is 3. The molecule has 6 heteroatoms. The highest BCUT2D eigenvalue weighted by molar-refractivity contribution is 5.98. The second kappa shape index (κ2) is 6.87. The van der Waals surface area contributed by atoms with E-state index in [2.05, 4.69) is 15.6 Å². The van der Waals surface area contributed by atoms with Gasteiger partial charge in [0.2, 0.25) is 5.91 Å². The standard InChI is InChI=1S/C23H25N3O3/c1-14(19-7-4-5-11-24-19)25-21(27)18-12-16-10-9-15(18)13-23(16)26-22(28)17-6-2-3-8-20(17)29-23/h2-8,11,14-16,18H,9-10,12-13H2,1H3,(H,25,27)(H,26,28)/t14-,15+,16-,18-,23-/m0/s1. The van der Waals surface area contributed by atoms with E-state index in [0.29, 0.717) is 17.7 Å². The number of nitrogens with zero attached hydrogens (tertiary/aromatic N) is 1. The first-order chi connectivity index (χ1) is 14.1. The predicted molar refractivity (Wildman–Crippen MR) is 107 cm³/mol. The topological polar surface area (TPSA) is 80.3 Å². The molecule has 0 radical (unpaired) electrons. The van der Waals surface area contributed by atoms with Crippen molar-refractivity contribution < 1.29 is 14.3 Å². The molecule has 5 atom stereocenters. The fourth-order valence-electron chi connectivity index (χ4n) is 5.31. The van der Waals surface area contributed by atoms with Crippen molar-refractivity contribution in [3.05, 3.63) is 59.9 Å².